The average Bonchev–Trinajstić information content (AvgIpc) is 2.78. The first-order chi connectivity index (χ1) is 14.9. The number of rotatable bonds is 9. The number of amides is 1. The summed E-state index contributed by atoms with van der Waals surface area (Å²) >= 11 is 7.85. The number of carbonyl (C=O) groups is 1. The summed E-state index contributed by atoms with van der Waals surface area (Å²) in [6.07, 6.45) is 0. The Kier molecular flexibility index (Phi) is 8.01. The quantitative estimate of drug-likeness (QED) is 0.359. The van der Waals surface area contributed by atoms with E-state index in [4.69, 9.17) is 11.6 Å². The molecule has 0 aliphatic heterocycles. The van der Waals surface area contributed by atoms with Crippen molar-refractivity contribution in [3.05, 3.63) is 89.4 Å². The standard InChI is InChI=1S/C23H23ClN2O3S2/c1-18-12-13-19(16-22(18)24)26(31(28,29)21-10-6-3-7-11-21)17-23(27)25-14-15-30-20-8-4-2-5-9-20/h2-13,16H,14-15,17H2,1H3,(H,25,27). The van der Waals surface area contributed by atoms with E-state index in [9.17, 15) is 13.2 Å². The summed E-state index contributed by atoms with van der Waals surface area (Å²) in [5.74, 6) is 0.294. The summed E-state index contributed by atoms with van der Waals surface area (Å²) in [6, 6.07) is 22.9. The van der Waals surface area contributed by atoms with Crippen molar-refractivity contribution in [2.24, 2.45) is 0 Å². The summed E-state index contributed by atoms with van der Waals surface area (Å²) in [6.45, 7) is 1.91. The smallest absolute Gasteiger partial charge is 0.264 e. The molecule has 5 nitrogen and oxygen atoms in total. The Balaban J connectivity index is 1.73. The summed E-state index contributed by atoms with van der Waals surface area (Å²) < 4.78 is 27.6. The lowest BCUT2D eigenvalue weighted by Crippen LogP contribution is -2.41. The average molecular weight is 475 g/mol. The summed E-state index contributed by atoms with van der Waals surface area (Å²) in [5.41, 5.74) is 1.16. The van der Waals surface area contributed by atoms with E-state index in [1.807, 2.05) is 37.3 Å². The summed E-state index contributed by atoms with van der Waals surface area (Å²) in [7, 11) is -3.94. The van der Waals surface area contributed by atoms with Gasteiger partial charge >= 0.3 is 0 Å². The second-order valence-corrected chi connectivity index (χ2v) is 10.2. The lowest BCUT2D eigenvalue weighted by atomic mass is 10.2. The minimum absolute atomic E-state index is 0.110. The second kappa shape index (κ2) is 10.7. The minimum atomic E-state index is -3.94. The fourth-order valence-corrected chi connectivity index (χ4v) is 5.23. The fourth-order valence-electron chi connectivity index (χ4n) is 2.83. The van der Waals surface area contributed by atoms with E-state index in [0.717, 1.165) is 14.8 Å². The van der Waals surface area contributed by atoms with Crippen molar-refractivity contribution in [2.45, 2.75) is 16.7 Å². The number of nitrogens with zero attached hydrogens (tertiary/aromatic N) is 1. The zero-order valence-electron chi connectivity index (χ0n) is 17.0. The van der Waals surface area contributed by atoms with Crippen molar-refractivity contribution in [1.29, 1.82) is 0 Å². The van der Waals surface area contributed by atoms with Crippen molar-refractivity contribution >= 4 is 45.0 Å². The molecular formula is C23H23ClN2O3S2. The molecule has 3 aromatic carbocycles. The van der Waals surface area contributed by atoms with Crippen LogP contribution >= 0.6 is 23.4 Å². The summed E-state index contributed by atoms with van der Waals surface area (Å²) in [4.78, 5) is 13.8. The van der Waals surface area contributed by atoms with Crippen LogP contribution in [0.3, 0.4) is 0 Å². The summed E-state index contributed by atoms with van der Waals surface area (Å²) in [5, 5.41) is 3.24. The Morgan fingerprint density at radius 3 is 2.29 bits per heavy atom. The minimum Gasteiger partial charge on any atom is -0.354 e. The number of thioether (sulfide) groups is 1. The van der Waals surface area contributed by atoms with E-state index >= 15 is 0 Å². The van der Waals surface area contributed by atoms with Gasteiger partial charge in [0.1, 0.15) is 6.54 Å². The van der Waals surface area contributed by atoms with E-state index < -0.39 is 10.0 Å². The van der Waals surface area contributed by atoms with Crippen LogP contribution in [0.5, 0.6) is 0 Å². The maximum absolute atomic E-state index is 13.3. The Hall–Kier alpha value is -2.48. The zero-order chi connectivity index (χ0) is 22.3. The number of halogens is 1. The third-order valence-corrected chi connectivity index (χ3v) is 7.71. The number of nitrogens with one attached hydrogen (secondary N) is 1. The molecule has 0 saturated carbocycles. The van der Waals surface area contributed by atoms with Gasteiger partial charge in [-0.2, -0.15) is 0 Å². The van der Waals surface area contributed by atoms with Crippen molar-refractivity contribution < 1.29 is 13.2 Å². The Bertz CT molecular complexity index is 1120. The molecule has 0 aliphatic carbocycles. The van der Waals surface area contributed by atoms with Crippen LogP contribution in [0.1, 0.15) is 5.56 Å². The number of sulfonamides is 1. The first kappa shape index (κ1) is 23.2. The molecule has 0 spiro atoms. The van der Waals surface area contributed by atoms with Crippen LogP contribution in [0.25, 0.3) is 0 Å². The topological polar surface area (TPSA) is 66.5 Å². The monoisotopic (exact) mass is 474 g/mol. The van der Waals surface area contributed by atoms with Crippen LogP contribution in [0.2, 0.25) is 5.02 Å². The molecule has 1 amide bonds. The lowest BCUT2D eigenvalue weighted by Gasteiger charge is -2.24. The molecule has 0 aliphatic rings. The van der Waals surface area contributed by atoms with Crippen LogP contribution in [-0.4, -0.2) is 33.2 Å². The first-order valence-corrected chi connectivity index (χ1v) is 12.5. The number of anilines is 1. The predicted octanol–water partition coefficient (Wildman–Crippen LogP) is 4.75. The van der Waals surface area contributed by atoms with Crippen LogP contribution in [0.4, 0.5) is 5.69 Å². The van der Waals surface area contributed by atoms with E-state index in [2.05, 4.69) is 5.32 Å². The highest BCUT2D eigenvalue weighted by Crippen LogP contribution is 2.28. The molecule has 8 heteroatoms. The van der Waals surface area contributed by atoms with Gasteiger partial charge in [0.25, 0.3) is 10.0 Å². The Morgan fingerprint density at radius 1 is 1.00 bits per heavy atom. The number of benzene rings is 3. The van der Waals surface area contributed by atoms with Gasteiger partial charge in [-0.1, -0.05) is 54.1 Å². The van der Waals surface area contributed by atoms with Crippen molar-refractivity contribution in [1.82, 2.24) is 5.32 Å². The van der Waals surface area contributed by atoms with Gasteiger partial charge in [-0.15, -0.1) is 11.8 Å². The van der Waals surface area contributed by atoms with Crippen molar-refractivity contribution in [2.75, 3.05) is 23.1 Å². The predicted molar refractivity (Wildman–Crippen MR) is 127 cm³/mol. The van der Waals surface area contributed by atoms with Gasteiger partial charge in [0.2, 0.25) is 5.91 Å². The van der Waals surface area contributed by atoms with Gasteiger partial charge in [-0.05, 0) is 48.9 Å². The fraction of sp³-hybridized carbons (Fsp3) is 0.174. The number of hydrogen-bond donors (Lipinski definition) is 1. The lowest BCUT2D eigenvalue weighted by molar-refractivity contribution is -0.119. The van der Waals surface area contributed by atoms with Crippen molar-refractivity contribution in [3.63, 3.8) is 0 Å². The number of hydrogen-bond acceptors (Lipinski definition) is 4. The third kappa shape index (κ3) is 6.26. The highest BCUT2D eigenvalue weighted by atomic mass is 35.5. The van der Waals surface area contributed by atoms with Gasteiger partial charge < -0.3 is 5.32 Å². The zero-order valence-corrected chi connectivity index (χ0v) is 19.4. The van der Waals surface area contributed by atoms with E-state index in [1.165, 1.54) is 12.1 Å². The number of aryl methyl sites for hydroxylation is 1. The molecule has 0 heterocycles. The maximum Gasteiger partial charge on any atom is 0.264 e. The van der Waals surface area contributed by atoms with Gasteiger partial charge in [0.05, 0.1) is 10.6 Å². The van der Waals surface area contributed by atoms with Crippen LogP contribution in [-0.2, 0) is 14.8 Å². The molecule has 0 unspecified atom stereocenters. The second-order valence-electron chi connectivity index (χ2n) is 6.77. The molecule has 3 rings (SSSR count). The van der Waals surface area contributed by atoms with E-state index in [-0.39, 0.29) is 17.3 Å². The van der Waals surface area contributed by atoms with Crippen molar-refractivity contribution in [3.8, 4) is 0 Å². The largest absolute Gasteiger partial charge is 0.354 e. The molecule has 0 radical (unpaired) electrons. The van der Waals surface area contributed by atoms with E-state index in [0.29, 0.717) is 23.0 Å². The molecule has 0 saturated heterocycles. The molecule has 0 atom stereocenters. The number of carbonyl (C=O) groups excluding carboxylic acids is 1. The maximum atomic E-state index is 13.3. The van der Waals surface area contributed by atoms with Crippen LogP contribution in [0, 0.1) is 6.92 Å². The van der Waals surface area contributed by atoms with Crippen LogP contribution < -0.4 is 9.62 Å². The van der Waals surface area contributed by atoms with Gasteiger partial charge in [0.15, 0.2) is 0 Å². The third-order valence-electron chi connectivity index (χ3n) is 4.50. The molecular weight excluding hydrogens is 452 g/mol. The molecule has 1 N–H and O–H groups in total. The molecule has 3 aromatic rings. The molecule has 0 bridgehead atoms. The van der Waals surface area contributed by atoms with Gasteiger partial charge in [-0.25, -0.2) is 8.42 Å². The molecule has 162 valence electrons. The highest BCUT2D eigenvalue weighted by Gasteiger charge is 2.27. The Morgan fingerprint density at radius 2 is 1.65 bits per heavy atom. The van der Waals surface area contributed by atoms with Gasteiger partial charge in [0, 0.05) is 22.2 Å². The SMILES string of the molecule is Cc1ccc(N(CC(=O)NCCSc2ccccc2)S(=O)(=O)c2ccccc2)cc1Cl. The molecule has 0 fully saturated rings. The van der Waals surface area contributed by atoms with E-state index in [1.54, 1.807) is 48.2 Å². The molecule has 31 heavy (non-hydrogen) atoms. The van der Waals surface area contributed by atoms with Crippen LogP contribution in [0.15, 0.2) is 88.7 Å². The first-order valence-electron chi connectivity index (χ1n) is 9.66. The Labute approximate surface area is 192 Å². The highest BCUT2D eigenvalue weighted by molar-refractivity contribution is 7.99. The molecule has 0 aromatic heterocycles. The normalized spacial score (nSPS) is 11.2. The van der Waals surface area contributed by atoms with Gasteiger partial charge in [-0.3, -0.25) is 9.10 Å².